The van der Waals surface area contributed by atoms with Gasteiger partial charge in [0.2, 0.25) is 0 Å². The van der Waals surface area contributed by atoms with E-state index in [2.05, 4.69) is 83.1 Å². The maximum atomic E-state index is 6.33. The van der Waals surface area contributed by atoms with Gasteiger partial charge in [-0.3, -0.25) is 4.90 Å². The van der Waals surface area contributed by atoms with Crippen molar-refractivity contribution < 1.29 is 4.74 Å². The van der Waals surface area contributed by atoms with Crippen LogP contribution >= 0.6 is 11.6 Å². The molecule has 1 fully saturated rings. The Bertz CT molecular complexity index is 1240. The van der Waals surface area contributed by atoms with Gasteiger partial charge < -0.3 is 14.2 Å². The van der Waals surface area contributed by atoms with Crippen molar-refractivity contribution in [2.75, 3.05) is 27.2 Å². The number of likely N-dealkylation sites (tertiary alicyclic amines) is 1. The molecule has 35 heavy (non-hydrogen) atoms. The highest BCUT2D eigenvalue weighted by atomic mass is 35.5. The minimum atomic E-state index is 0.520. The zero-order valence-corrected chi connectivity index (χ0v) is 21.4. The van der Waals surface area contributed by atoms with Crippen LogP contribution in [-0.4, -0.2) is 47.6 Å². The molecule has 0 saturated carbocycles. The summed E-state index contributed by atoms with van der Waals surface area (Å²) in [7, 11) is 4.40. The number of rotatable bonds is 8. The van der Waals surface area contributed by atoms with Crippen LogP contribution in [0.4, 0.5) is 0 Å². The lowest BCUT2D eigenvalue weighted by molar-refractivity contribution is 0.139. The van der Waals surface area contributed by atoms with Gasteiger partial charge in [-0.25, -0.2) is 0 Å². The average molecular weight is 488 g/mol. The minimum absolute atomic E-state index is 0.520. The first-order valence-electron chi connectivity index (χ1n) is 12.5. The molecule has 1 aliphatic rings. The van der Waals surface area contributed by atoms with Crippen LogP contribution in [-0.2, 0) is 19.7 Å². The summed E-state index contributed by atoms with van der Waals surface area (Å²) in [6.07, 6.45) is 2.43. The van der Waals surface area contributed by atoms with E-state index >= 15 is 0 Å². The maximum absolute atomic E-state index is 6.33. The van der Waals surface area contributed by atoms with Crippen LogP contribution in [0, 0.1) is 0 Å². The predicted octanol–water partition coefficient (Wildman–Crippen LogP) is 6.45. The standard InChI is InChI=1S/C30H34ClN3O/c1-32(2)25-16-18-33(19-17-25)21-28-27-10-6-7-11-29(27)34(20-23-8-4-3-5-9-23)30(28)22-35-26-14-12-24(31)13-15-26/h3-15,25H,16-22H2,1-2H3. The summed E-state index contributed by atoms with van der Waals surface area (Å²) in [5, 5.41) is 2.05. The van der Waals surface area contributed by atoms with E-state index in [1.807, 2.05) is 24.3 Å². The van der Waals surface area contributed by atoms with E-state index in [9.17, 15) is 0 Å². The molecule has 1 aromatic heterocycles. The number of benzene rings is 3. The molecule has 1 aliphatic heterocycles. The third-order valence-corrected chi connectivity index (χ3v) is 7.49. The van der Waals surface area contributed by atoms with Crippen LogP contribution in [0.25, 0.3) is 10.9 Å². The van der Waals surface area contributed by atoms with Crippen LogP contribution in [0.1, 0.15) is 29.7 Å². The molecular formula is C30H34ClN3O. The second-order valence-corrected chi connectivity index (χ2v) is 10.2. The Morgan fingerprint density at radius 1 is 0.857 bits per heavy atom. The van der Waals surface area contributed by atoms with Gasteiger partial charge in [0.05, 0.1) is 5.69 Å². The number of fused-ring (bicyclic) bond motifs is 1. The molecule has 1 saturated heterocycles. The molecule has 182 valence electrons. The van der Waals surface area contributed by atoms with Gasteiger partial charge in [-0.05, 0) is 81.5 Å². The molecule has 0 radical (unpaired) electrons. The quantitative estimate of drug-likeness (QED) is 0.285. The number of hydrogen-bond donors (Lipinski definition) is 0. The molecule has 0 N–H and O–H groups in total. The highest BCUT2D eigenvalue weighted by Gasteiger charge is 2.24. The first kappa shape index (κ1) is 23.9. The van der Waals surface area contributed by atoms with Gasteiger partial charge in [-0.2, -0.15) is 0 Å². The summed E-state index contributed by atoms with van der Waals surface area (Å²) < 4.78 is 8.78. The van der Waals surface area contributed by atoms with Crippen molar-refractivity contribution in [1.29, 1.82) is 0 Å². The van der Waals surface area contributed by atoms with Crippen molar-refractivity contribution >= 4 is 22.5 Å². The van der Waals surface area contributed by atoms with Crippen molar-refractivity contribution in [3.05, 3.63) is 101 Å². The Morgan fingerprint density at radius 2 is 1.54 bits per heavy atom. The van der Waals surface area contributed by atoms with Gasteiger partial charge in [0.15, 0.2) is 0 Å². The number of aromatic nitrogens is 1. The highest BCUT2D eigenvalue weighted by Crippen LogP contribution is 2.31. The smallest absolute Gasteiger partial charge is 0.129 e. The monoisotopic (exact) mass is 487 g/mol. The van der Waals surface area contributed by atoms with Gasteiger partial charge in [0.25, 0.3) is 0 Å². The molecule has 5 heteroatoms. The lowest BCUT2D eigenvalue weighted by atomic mass is 10.0. The van der Waals surface area contributed by atoms with Crippen LogP contribution < -0.4 is 4.74 Å². The Morgan fingerprint density at radius 3 is 2.26 bits per heavy atom. The molecule has 2 heterocycles. The van der Waals surface area contributed by atoms with Crippen molar-refractivity contribution in [2.45, 2.75) is 38.6 Å². The van der Waals surface area contributed by atoms with Crippen molar-refractivity contribution in [1.82, 2.24) is 14.4 Å². The van der Waals surface area contributed by atoms with Crippen molar-refractivity contribution in [3.8, 4) is 5.75 Å². The number of piperidine rings is 1. The zero-order chi connectivity index (χ0) is 24.2. The van der Waals surface area contributed by atoms with E-state index in [0.717, 1.165) is 37.0 Å². The molecule has 0 atom stereocenters. The number of ether oxygens (including phenoxy) is 1. The second kappa shape index (κ2) is 10.9. The third-order valence-electron chi connectivity index (χ3n) is 7.24. The van der Waals surface area contributed by atoms with E-state index in [4.69, 9.17) is 16.3 Å². The summed E-state index contributed by atoms with van der Waals surface area (Å²) in [6.45, 7) is 4.54. The fourth-order valence-corrected chi connectivity index (χ4v) is 5.34. The number of nitrogens with zero attached hydrogens (tertiary/aromatic N) is 3. The summed E-state index contributed by atoms with van der Waals surface area (Å²) >= 11 is 6.09. The van der Waals surface area contributed by atoms with Crippen LogP contribution in [0.3, 0.4) is 0 Å². The fraction of sp³-hybridized carbons (Fsp3) is 0.333. The zero-order valence-electron chi connectivity index (χ0n) is 20.7. The molecule has 0 aliphatic carbocycles. The minimum Gasteiger partial charge on any atom is -0.487 e. The van der Waals surface area contributed by atoms with Crippen LogP contribution in [0.2, 0.25) is 5.02 Å². The fourth-order valence-electron chi connectivity index (χ4n) is 5.22. The average Bonchev–Trinajstić information content (AvgIpc) is 3.17. The normalized spacial score (nSPS) is 15.2. The molecular weight excluding hydrogens is 454 g/mol. The lowest BCUT2D eigenvalue weighted by Crippen LogP contribution is -2.41. The van der Waals surface area contributed by atoms with Gasteiger partial charge in [-0.15, -0.1) is 0 Å². The van der Waals surface area contributed by atoms with E-state index in [1.165, 1.54) is 40.6 Å². The van der Waals surface area contributed by atoms with Crippen LogP contribution in [0.15, 0.2) is 78.9 Å². The van der Waals surface area contributed by atoms with Gasteiger partial charge >= 0.3 is 0 Å². The van der Waals surface area contributed by atoms with Gasteiger partial charge in [0.1, 0.15) is 12.4 Å². The molecule has 0 bridgehead atoms. The number of hydrogen-bond acceptors (Lipinski definition) is 3. The molecule has 3 aromatic carbocycles. The van der Waals surface area contributed by atoms with Crippen molar-refractivity contribution in [2.24, 2.45) is 0 Å². The summed E-state index contributed by atoms with van der Waals surface area (Å²) in [5.74, 6) is 0.837. The van der Waals surface area contributed by atoms with Crippen molar-refractivity contribution in [3.63, 3.8) is 0 Å². The second-order valence-electron chi connectivity index (χ2n) is 9.73. The topological polar surface area (TPSA) is 20.6 Å². The Balaban J connectivity index is 1.49. The van der Waals surface area contributed by atoms with Gasteiger partial charge in [0, 0.05) is 35.1 Å². The third kappa shape index (κ3) is 5.56. The number of halogens is 1. The van der Waals surface area contributed by atoms with E-state index in [0.29, 0.717) is 12.6 Å². The van der Waals surface area contributed by atoms with E-state index in [1.54, 1.807) is 0 Å². The first-order valence-corrected chi connectivity index (χ1v) is 12.9. The van der Waals surface area contributed by atoms with Gasteiger partial charge in [-0.1, -0.05) is 60.1 Å². The maximum Gasteiger partial charge on any atom is 0.129 e. The SMILES string of the molecule is CN(C)C1CCN(Cc2c(COc3ccc(Cl)cc3)n(Cc3ccccc3)c3ccccc23)CC1. The molecule has 4 nitrogen and oxygen atoms in total. The first-order chi connectivity index (χ1) is 17.1. The largest absolute Gasteiger partial charge is 0.487 e. The number of para-hydroxylation sites is 1. The van der Waals surface area contributed by atoms with E-state index < -0.39 is 0 Å². The summed E-state index contributed by atoms with van der Waals surface area (Å²) in [5.41, 5.74) is 5.19. The molecule has 0 amide bonds. The van der Waals surface area contributed by atoms with Crippen LogP contribution in [0.5, 0.6) is 5.75 Å². The Hall–Kier alpha value is -2.79. The van der Waals surface area contributed by atoms with E-state index in [-0.39, 0.29) is 0 Å². The molecule has 4 aromatic rings. The highest BCUT2D eigenvalue weighted by molar-refractivity contribution is 6.30. The lowest BCUT2D eigenvalue weighted by Gasteiger charge is -2.35. The molecule has 0 spiro atoms. The summed E-state index contributed by atoms with van der Waals surface area (Å²) in [4.78, 5) is 4.98. The molecule has 5 rings (SSSR count). The molecule has 0 unspecified atom stereocenters. The predicted molar refractivity (Wildman–Crippen MR) is 145 cm³/mol. The Kier molecular flexibility index (Phi) is 7.43. The summed E-state index contributed by atoms with van der Waals surface area (Å²) in [6, 6.07) is 27.8. The Labute approximate surface area is 213 Å².